The van der Waals surface area contributed by atoms with Gasteiger partial charge in [0.1, 0.15) is 0 Å². The molecule has 0 bridgehead atoms. The van der Waals surface area contributed by atoms with Crippen LogP contribution >= 0.6 is 24.8 Å². The van der Waals surface area contributed by atoms with Crippen LogP contribution in [0.4, 0.5) is 5.69 Å². The smallest absolute Gasteiger partial charge is 0 e. The zero-order chi connectivity index (χ0) is 5.11. The normalized spacial score (nSPS) is 5.00. The minimum absolute atomic E-state index is 0. The van der Waals surface area contributed by atoms with Crippen LogP contribution in [0.2, 0.25) is 0 Å². The molecule has 1 aromatic rings. The van der Waals surface area contributed by atoms with E-state index in [1.54, 1.807) is 12.1 Å². The summed E-state index contributed by atoms with van der Waals surface area (Å²) in [5.74, 6) is 0. The van der Waals surface area contributed by atoms with E-state index in [0.717, 1.165) is 0 Å². The van der Waals surface area contributed by atoms with Gasteiger partial charge in [0.2, 0.25) is 0 Å². The first-order chi connectivity index (χ1) is 3.39. The van der Waals surface area contributed by atoms with E-state index >= 15 is 0 Å². The second kappa shape index (κ2) is 17.4. The molecule has 0 heterocycles. The average Bonchev–Trinajstić information content (AvgIpc) is 1.69. The fraction of sp³-hybridized carbons (Fsp3) is 0. The van der Waals surface area contributed by atoms with E-state index in [1.165, 1.54) is 0 Å². The average molecular weight is 302 g/mol. The molecular formula is C8H14Cl2NPd-3. The van der Waals surface area contributed by atoms with Crippen molar-refractivity contribution in [3.8, 4) is 0 Å². The monoisotopic (exact) mass is 300 g/mol. The largest absolute Gasteiger partial charge is 0.699 e. The molecule has 0 saturated heterocycles. The zero-order valence-corrected chi connectivity index (χ0v) is 10.2. The van der Waals surface area contributed by atoms with Gasteiger partial charge in [0.15, 0.2) is 0 Å². The van der Waals surface area contributed by atoms with Crippen LogP contribution in [0, 0.1) is 14.9 Å². The fourth-order valence-corrected chi connectivity index (χ4v) is 0.438. The van der Waals surface area contributed by atoms with Gasteiger partial charge in [-0.15, -0.1) is 30.5 Å². The van der Waals surface area contributed by atoms with Gasteiger partial charge in [0.25, 0.3) is 0 Å². The number of hydrogen-bond acceptors (Lipinski definition) is 0. The Morgan fingerprint density at radius 1 is 0.833 bits per heavy atom. The molecule has 0 aliphatic heterocycles. The summed E-state index contributed by atoms with van der Waals surface area (Å²) in [6.07, 6.45) is 0. The van der Waals surface area contributed by atoms with Crippen LogP contribution in [0.25, 0.3) is 5.73 Å². The Morgan fingerprint density at radius 2 is 1.17 bits per heavy atom. The van der Waals surface area contributed by atoms with Crippen LogP contribution in [0.1, 0.15) is 0 Å². The van der Waals surface area contributed by atoms with Gasteiger partial charge in [-0.2, -0.15) is 0 Å². The molecule has 1 rings (SSSR count). The maximum atomic E-state index is 7.00. The Bertz CT molecular complexity index is 147. The third kappa shape index (κ3) is 12.9. The molecule has 0 aromatic heterocycles. The minimum Gasteiger partial charge on any atom is -0.699 e. The van der Waals surface area contributed by atoms with Gasteiger partial charge in [-0.05, 0) is 0 Å². The van der Waals surface area contributed by atoms with Crippen molar-refractivity contribution < 1.29 is 20.4 Å². The van der Waals surface area contributed by atoms with Crippen LogP contribution in [0.5, 0.6) is 0 Å². The standard InChI is InChI=1S/C6H6N.2CH3.2ClH.Pd/c7-6-4-2-1-3-5-6;;;;;/h1-5,7H;2*1H3;2*1H;/q3*-1;;;. The van der Waals surface area contributed by atoms with Crippen LogP contribution in [-0.4, -0.2) is 0 Å². The number of benzene rings is 1. The van der Waals surface area contributed by atoms with Gasteiger partial charge in [-0.25, -0.2) is 0 Å². The molecule has 1 nitrogen and oxygen atoms in total. The molecule has 0 unspecified atom stereocenters. The molecule has 0 amide bonds. The van der Waals surface area contributed by atoms with Crippen molar-refractivity contribution in [2.45, 2.75) is 0 Å². The molecule has 12 heavy (non-hydrogen) atoms. The van der Waals surface area contributed by atoms with Crippen LogP contribution in [0.15, 0.2) is 30.3 Å². The second-order valence-corrected chi connectivity index (χ2v) is 1.37. The van der Waals surface area contributed by atoms with E-state index in [-0.39, 0.29) is 60.1 Å². The quantitative estimate of drug-likeness (QED) is 0.509. The van der Waals surface area contributed by atoms with Crippen molar-refractivity contribution in [2.75, 3.05) is 0 Å². The third-order valence-electron chi connectivity index (χ3n) is 0.774. The maximum absolute atomic E-state index is 7.00. The topological polar surface area (TPSA) is 23.8 Å². The molecule has 78 valence electrons. The van der Waals surface area contributed by atoms with E-state index in [4.69, 9.17) is 5.73 Å². The van der Waals surface area contributed by atoms with Crippen molar-refractivity contribution in [1.82, 2.24) is 0 Å². The molecule has 0 saturated carbocycles. The first-order valence-corrected chi connectivity index (χ1v) is 2.16. The van der Waals surface area contributed by atoms with Crippen molar-refractivity contribution >= 4 is 30.5 Å². The maximum Gasteiger partial charge on any atom is 0 e. The summed E-state index contributed by atoms with van der Waals surface area (Å²) >= 11 is 0. The molecule has 0 aliphatic carbocycles. The summed E-state index contributed by atoms with van der Waals surface area (Å²) in [5.41, 5.74) is 7.57. The van der Waals surface area contributed by atoms with E-state index in [1.807, 2.05) is 18.2 Å². The van der Waals surface area contributed by atoms with Gasteiger partial charge < -0.3 is 20.6 Å². The van der Waals surface area contributed by atoms with E-state index < -0.39 is 0 Å². The number of halogens is 2. The third-order valence-corrected chi connectivity index (χ3v) is 0.774. The molecule has 1 aromatic carbocycles. The summed E-state index contributed by atoms with van der Waals surface area (Å²) < 4.78 is 0. The second-order valence-electron chi connectivity index (χ2n) is 1.37. The Kier molecular flexibility index (Phi) is 42.7. The van der Waals surface area contributed by atoms with E-state index in [0.29, 0.717) is 5.69 Å². The Morgan fingerprint density at radius 3 is 1.33 bits per heavy atom. The number of rotatable bonds is 0. The molecule has 1 N–H and O–H groups in total. The van der Waals surface area contributed by atoms with Gasteiger partial charge in [0.05, 0.1) is 0 Å². The van der Waals surface area contributed by atoms with Crippen molar-refractivity contribution in [3.05, 3.63) is 50.9 Å². The molecular weight excluding hydrogens is 287 g/mol. The van der Waals surface area contributed by atoms with Crippen LogP contribution in [-0.2, 0) is 20.4 Å². The van der Waals surface area contributed by atoms with E-state index in [9.17, 15) is 0 Å². The van der Waals surface area contributed by atoms with Crippen LogP contribution < -0.4 is 0 Å². The fourth-order valence-electron chi connectivity index (χ4n) is 0.438. The summed E-state index contributed by atoms with van der Waals surface area (Å²) in [4.78, 5) is 0. The Balaban J connectivity index is -0.0000000327. The first kappa shape index (κ1) is 29.5. The molecule has 0 fully saturated rings. The summed E-state index contributed by atoms with van der Waals surface area (Å²) in [5, 5.41) is 0. The van der Waals surface area contributed by atoms with Gasteiger partial charge in [-0.1, -0.05) is 30.3 Å². The zero-order valence-electron chi connectivity index (χ0n) is 7.02. The van der Waals surface area contributed by atoms with Gasteiger partial charge in [-0.3, -0.25) is 0 Å². The summed E-state index contributed by atoms with van der Waals surface area (Å²) in [7, 11) is 0. The minimum atomic E-state index is 0. The van der Waals surface area contributed by atoms with Crippen molar-refractivity contribution in [3.63, 3.8) is 0 Å². The number of nitrogens with one attached hydrogen (secondary N) is 1. The predicted octanol–water partition coefficient (Wildman–Crippen LogP) is 4.11. The summed E-state index contributed by atoms with van der Waals surface area (Å²) in [6, 6.07) is 9.10. The molecule has 0 radical (unpaired) electrons. The predicted molar refractivity (Wildman–Crippen MR) is 57.7 cm³/mol. The molecule has 0 atom stereocenters. The van der Waals surface area contributed by atoms with Crippen molar-refractivity contribution in [1.29, 1.82) is 0 Å². The van der Waals surface area contributed by atoms with Crippen molar-refractivity contribution in [2.24, 2.45) is 0 Å². The Hall–Kier alpha value is 0.262. The molecule has 0 spiro atoms. The van der Waals surface area contributed by atoms with Gasteiger partial charge >= 0.3 is 0 Å². The van der Waals surface area contributed by atoms with Crippen LogP contribution in [0.3, 0.4) is 0 Å². The molecule has 0 aliphatic rings. The first-order valence-electron chi connectivity index (χ1n) is 2.16. The van der Waals surface area contributed by atoms with Gasteiger partial charge in [0, 0.05) is 20.4 Å². The number of hydrogen-bond donors (Lipinski definition) is 0. The molecule has 4 heteroatoms. The summed E-state index contributed by atoms with van der Waals surface area (Å²) in [6.45, 7) is 0. The SMILES string of the molecule is Cl.Cl.[CH3-].[CH3-].[NH-]c1ccccc1.[Pd]. The van der Waals surface area contributed by atoms with E-state index in [2.05, 4.69) is 0 Å². The Labute approximate surface area is 102 Å².